The highest BCUT2D eigenvalue weighted by Crippen LogP contribution is 2.08. The topological polar surface area (TPSA) is 30.0 Å². The van der Waals surface area contributed by atoms with Crippen molar-refractivity contribution >= 4 is 21.7 Å². The highest BCUT2D eigenvalue weighted by atomic mass is 79.9. The van der Waals surface area contributed by atoms with Crippen LogP contribution in [-0.2, 0) is 0 Å². The fourth-order valence-corrected chi connectivity index (χ4v) is 1.26. The molecule has 1 aromatic rings. The first-order chi connectivity index (χ1) is 5.74. The van der Waals surface area contributed by atoms with Gasteiger partial charge in [-0.1, -0.05) is 13.0 Å². The number of hydrogen-bond acceptors (Lipinski definition) is 2. The maximum Gasteiger partial charge on any atom is 0.181 e. The number of nitrogens with zero attached hydrogens (tertiary/aromatic N) is 1. The molecule has 64 valence electrons. The molecule has 0 saturated heterocycles. The van der Waals surface area contributed by atoms with Gasteiger partial charge in [-0.25, -0.2) is 4.98 Å². The van der Waals surface area contributed by atoms with Crippen molar-refractivity contribution in [3.8, 4) is 0 Å². The van der Waals surface area contributed by atoms with Crippen LogP contribution in [0.5, 0.6) is 0 Å². The molecule has 0 spiro atoms. The van der Waals surface area contributed by atoms with Gasteiger partial charge in [-0.05, 0) is 34.5 Å². The Labute approximate surface area is 80.1 Å². The summed E-state index contributed by atoms with van der Waals surface area (Å²) in [6.07, 6.45) is 1.44. The van der Waals surface area contributed by atoms with Gasteiger partial charge in [-0.3, -0.25) is 4.79 Å². The Morgan fingerprint density at radius 1 is 1.58 bits per heavy atom. The number of aromatic nitrogens is 1. The average molecular weight is 228 g/mol. The smallest absolute Gasteiger partial charge is 0.181 e. The summed E-state index contributed by atoms with van der Waals surface area (Å²) in [5.41, 5.74) is 0.547. The molecule has 0 fully saturated rings. The van der Waals surface area contributed by atoms with Gasteiger partial charge in [0.1, 0.15) is 10.3 Å². The molecule has 1 rings (SSSR count). The van der Waals surface area contributed by atoms with E-state index in [1.54, 1.807) is 6.07 Å². The summed E-state index contributed by atoms with van der Waals surface area (Å²) in [5.74, 6) is 0.110. The van der Waals surface area contributed by atoms with Gasteiger partial charge in [0.05, 0.1) is 0 Å². The zero-order valence-corrected chi connectivity index (χ0v) is 8.47. The van der Waals surface area contributed by atoms with E-state index in [1.165, 1.54) is 0 Å². The Bertz CT molecular complexity index is 286. The van der Waals surface area contributed by atoms with Crippen LogP contribution in [0, 0.1) is 0 Å². The average Bonchev–Trinajstić information content (AvgIpc) is 2.05. The molecule has 0 N–H and O–H groups in total. The third kappa shape index (κ3) is 2.41. The van der Waals surface area contributed by atoms with Crippen LogP contribution in [0.2, 0.25) is 0 Å². The summed E-state index contributed by atoms with van der Waals surface area (Å²) in [6, 6.07) is 5.37. The Morgan fingerprint density at radius 2 is 2.33 bits per heavy atom. The molecular weight excluding hydrogens is 218 g/mol. The van der Waals surface area contributed by atoms with Crippen molar-refractivity contribution in [1.29, 1.82) is 0 Å². The number of ketones is 1. The van der Waals surface area contributed by atoms with Crippen molar-refractivity contribution in [2.75, 3.05) is 0 Å². The summed E-state index contributed by atoms with van der Waals surface area (Å²) in [7, 11) is 0. The van der Waals surface area contributed by atoms with Crippen molar-refractivity contribution < 1.29 is 4.79 Å². The van der Waals surface area contributed by atoms with Gasteiger partial charge in [0.2, 0.25) is 0 Å². The highest BCUT2D eigenvalue weighted by molar-refractivity contribution is 9.10. The molecule has 0 aliphatic heterocycles. The maximum absolute atomic E-state index is 11.3. The minimum Gasteiger partial charge on any atom is -0.292 e. The molecule has 12 heavy (non-hydrogen) atoms. The maximum atomic E-state index is 11.3. The van der Waals surface area contributed by atoms with Crippen molar-refractivity contribution in [3.63, 3.8) is 0 Å². The SMILES string of the molecule is CCCC(=O)c1cccc(Br)n1. The number of Topliss-reactive ketones (excluding diaryl/α,β-unsaturated/α-hetero) is 1. The summed E-state index contributed by atoms with van der Waals surface area (Å²) in [6.45, 7) is 1.98. The van der Waals surface area contributed by atoms with Crippen molar-refractivity contribution in [1.82, 2.24) is 4.98 Å². The van der Waals surface area contributed by atoms with Gasteiger partial charge >= 0.3 is 0 Å². The first kappa shape index (κ1) is 9.39. The predicted octanol–water partition coefficient (Wildman–Crippen LogP) is 2.83. The fourth-order valence-electron chi connectivity index (χ4n) is 0.919. The molecule has 0 atom stereocenters. The van der Waals surface area contributed by atoms with Crippen LogP contribution < -0.4 is 0 Å². The summed E-state index contributed by atoms with van der Waals surface area (Å²) >= 11 is 3.22. The molecule has 0 radical (unpaired) electrons. The van der Waals surface area contributed by atoms with E-state index in [-0.39, 0.29) is 5.78 Å². The van der Waals surface area contributed by atoms with Gasteiger partial charge in [-0.15, -0.1) is 0 Å². The van der Waals surface area contributed by atoms with E-state index < -0.39 is 0 Å². The molecule has 2 nitrogen and oxygen atoms in total. The Morgan fingerprint density at radius 3 is 2.92 bits per heavy atom. The minimum absolute atomic E-state index is 0.110. The normalized spacial score (nSPS) is 9.83. The molecule has 0 aliphatic carbocycles. The molecule has 0 bridgehead atoms. The van der Waals surface area contributed by atoms with E-state index in [9.17, 15) is 4.79 Å². The Hall–Kier alpha value is -0.700. The van der Waals surface area contributed by atoms with Gasteiger partial charge < -0.3 is 0 Å². The second-order valence-corrected chi connectivity index (χ2v) is 3.33. The van der Waals surface area contributed by atoms with Crippen molar-refractivity contribution in [2.45, 2.75) is 19.8 Å². The van der Waals surface area contributed by atoms with Crippen LogP contribution in [0.15, 0.2) is 22.8 Å². The van der Waals surface area contributed by atoms with E-state index in [0.29, 0.717) is 16.7 Å². The molecule has 1 heterocycles. The lowest BCUT2D eigenvalue weighted by molar-refractivity contribution is 0.0977. The molecular formula is C9H10BrNO. The monoisotopic (exact) mass is 227 g/mol. The molecule has 0 saturated carbocycles. The highest BCUT2D eigenvalue weighted by Gasteiger charge is 2.05. The number of rotatable bonds is 3. The number of pyridine rings is 1. The minimum atomic E-state index is 0.110. The lowest BCUT2D eigenvalue weighted by Gasteiger charge is -1.97. The van der Waals surface area contributed by atoms with Gasteiger partial charge in [0.25, 0.3) is 0 Å². The van der Waals surface area contributed by atoms with E-state index in [2.05, 4.69) is 20.9 Å². The van der Waals surface area contributed by atoms with Gasteiger partial charge in [0.15, 0.2) is 5.78 Å². The van der Waals surface area contributed by atoms with Gasteiger partial charge in [0, 0.05) is 6.42 Å². The van der Waals surface area contributed by atoms with Crippen LogP contribution in [-0.4, -0.2) is 10.8 Å². The number of carbonyl (C=O) groups is 1. The second-order valence-electron chi connectivity index (χ2n) is 2.52. The fraction of sp³-hybridized carbons (Fsp3) is 0.333. The Kier molecular flexibility index (Phi) is 3.41. The van der Waals surface area contributed by atoms with Crippen LogP contribution in [0.3, 0.4) is 0 Å². The van der Waals surface area contributed by atoms with Crippen molar-refractivity contribution in [3.05, 3.63) is 28.5 Å². The molecule has 0 aliphatic rings. The van der Waals surface area contributed by atoms with E-state index in [1.807, 2.05) is 19.1 Å². The third-order valence-corrected chi connectivity index (χ3v) is 1.92. The first-order valence-corrected chi connectivity index (χ1v) is 4.69. The van der Waals surface area contributed by atoms with E-state index in [0.717, 1.165) is 6.42 Å². The zero-order valence-electron chi connectivity index (χ0n) is 6.88. The predicted molar refractivity (Wildman–Crippen MR) is 51.2 cm³/mol. The zero-order chi connectivity index (χ0) is 8.97. The standard InChI is InChI=1S/C9H10BrNO/c1-2-4-8(12)7-5-3-6-9(10)11-7/h3,5-6H,2,4H2,1H3. The van der Waals surface area contributed by atoms with Crippen LogP contribution in [0.1, 0.15) is 30.3 Å². The van der Waals surface area contributed by atoms with Gasteiger partial charge in [-0.2, -0.15) is 0 Å². The Balaban J connectivity index is 2.81. The lowest BCUT2D eigenvalue weighted by atomic mass is 10.2. The number of carbonyl (C=O) groups excluding carboxylic acids is 1. The molecule has 0 amide bonds. The largest absolute Gasteiger partial charge is 0.292 e. The van der Waals surface area contributed by atoms with Crippen LogP contribution in [0.25, 0.3) is 0 Å². The molecule has 1 aromatic heterocycles. The van der Waals surface area contributed by atoms with Crippen LogP contribution in [0.4, 0.5) is 0 Å². The third-order valence-electron chi connectivity index (χ3n) is 1.48. The first-order valence-electron chi connectivity index (χ1n) is 3.89. The molecule has 0 unspecified atom stereocenters. The summed E-state index contributed by atoms with van der Waals surface area (Å²) < 4.78 is 0.712. The molecule has 0 aromatic carbocycles. The van der Waals surface area contributed by atoms with E-state index >= 15 is 0 Å². The van der Waals surface area contributed by atoms with Crippen molar-refractivity contribution in [2.24, 2.45) is 0 Å². The lowest BCUT2D eigenvalue weighted by Crippen LogP contribution is -2.00. The number of halogens is 1. The van der Waals surface area contributed by atoms with E-state index in [4.69, 9.17) is 0 Å². The summed E-state index contributed by atoms with van der Waals surface area (Å²) in [5, 5.41) is 0. The summed E-state index contributed by atoms with van der Waals surface area (Å²) in [4.78, 5) is 15.4. The number of hydrogen-bond donors (Lipinski definition) is 0. The molecule has 3 heteroatoms. The second kappa shape index (κ2) is 4.36. The van der Waals surface area contributed by atoms with Crippen LogP contribution >= 0.6 is 15.9 Å². The quantitative estimate of drug-likeness (QED) is 0.588.